The molecule has 15 heavy (non-hydrogen) atoms. The summed E-state index contributed by atoms with van der Waals surface area (Å²) in [4.78, 5) is 0. The average Bonchev–Trinajstić information content (AvgIpc) is 2.58. The SMILES string of the molecule is CCC1CC=C(n2nc(C)cc2C)NC1. The predicted molar refractivity (Wildman–Crippen MR) is 62.4 cm³/mol. The van der Waals surface area contributed by atoms with Crippen molar-refractivity contribution in [3.05, 3.63) is 23.5 Å². The number of nitrogens with one attached hydrogen (secondary N) is 1. The largest absolute Gasteiger partial charge is 0.370 e. The lowest BCUT2D eigenvalue weighted by Crippen LogP contribution is -2.28. The molecule has 1 aromatic heterocycles. The van der Waals surface area contributed by atoms with Gasteiger partial charge in [0.25, 0.3) is 0 Å². The first-order valence-electron chi connectivity index (χ1n) is 5.68. The Labute approximate surface area is 91.2 Å². The molecule has 2 rings (SSSR count). The van der Waals surface area contributed by atoms with Gasteiger partial charge in [-0.25, -0.2) is 4.68 Å². The maximum absolute atomic E-state index is 4.47. The zero-order chi connectivity index (χ0) is 10.8. The summed E-state index contributed by atoms with van der Waals surface area (Å²) in [7, 11) is 0. The molecule has 1 aliphatic heterocycles. The van der Waals surface area contributed by atoms with Gasteiger partial charge in [0.05, 0.1) is 5.69 Å². The molecule has 82 valence electrons. The Morgan fingerprint density at radius 1 is 1.53 bits per heavy atom. The van der Waals surface area contributed by atoms with Crippen LogP contribution in [0.25, 0.3) is 5.82 Å². The van der Waals surface area contributed by atoms with Gasteiger partial charge in [0.15, 0.2) is 0 Å². The molecule has 0 saturated heterocycles. The maximum atomic E-state index is 4.47. The van der Waals surface area contributed by atoms with Crippen LogP contribution in [0.2, 0.25) is 0 Å². The highest BCUT2D eigenvalue weighted by Crippen LogP contribution is 2.18. The number of aromatic nitrogens is 2. The van der Waals surface area contributed by atoms with Gasteiger partial charge in [0.1, 0.15) is 5.82 Å². The van der Waals surface area contributed by atoms with E-state index in [0.29, 0.717) is 0 Å². The van der Waals surface area contributed by atoms with Crippen molar-refractivity contribution in [3.8, 4) is 0 Å². The van der Waals surface area contributed by atoms with E-state index in [1.54, 1.807) is 0 Å². The van der Waals surface area contributed by atoms with Crippen LogP contribution in [0, 0.1) is 19.8 Å². The highest BCUT2D eigenvalue weighted by Gasteiger charge is 2.14. The van der Waals surface area contributed by atoms with E-state index in [1.807, 2.05) is 11.6 Å². The first-order chi connectivity index (χ1) is 7.20. The van der Waals surface area contributed by atoms with Crippen LogP contribution >= 0.6 is 0 Å². The van der Waals surface area contributed by atoms with Gasteiger partial charge >= 0.3 is 0 Å². The number of hydrogen-bond donors (Lipinski definition) is 1. The Kier molecular flexibility index (Phi) is 2.80. The van der Waals surface area contributed by atoms with Crippen molar-refractivity contribution in [2.75, 3.05) is 6.54 Å². The van der Waals surface area contributed by atoms with E-state index in [2.05, 4.69) is 36.4 Å². The Balaban J connectivity index is 2.19. The first kappa shape index (κ1) is 10.3. The minimum Gasteiger partial charge on any atom is -0.370 e. The predicted octanol–water partition coefficient (Wildman–Crippen LogP) is 2.32. The summed E-state index contributed by atoms with van der Waals surface area (Å²) >= 11 is 0. The summed E-state index contributed by atoms with van der Waals surface area (Å²) in [6.07, 6.45) is 4.67. The van der Waals surface area contributed by atoms with Crippen molar-refractivity contribution in [3.63, 3.8) is 0 Å². The highest BCUT2D eigenvalue weighted by molar-refractivity contribution is 5.44. The van der Waals surface area contributed by atoms with Crippen LogP contribution in [0.4, 0.5) is 0 Å². The second-order valence-corrected chi connectivity index (χ2v) is 4.32. The summed E-state index contributed by atoms with van der Waals surface area (Å²) in [5.74, 6) is 1.93. The molecule has 0 spiro atoms. The third kappa shape index (κ3) is 2.06. The van der Waals surface area contributed by atoms with Crippen molar-refractivity contribution >= 4 is 5.82 Å². The number of allylic oxidation sites excluding steroid dienone is 1. The molecule has 1 unspecified atom stereocenters. The number of hydrogen-bond acceptors (Lipinski definition) is 2. The third-order valence-corrected chi connectivity index (χ3v) is 3.03. The van der Waals surface area contributed by atoms with E-state index in [-0.39, 0.29) is 0 Å². The molecule has 0 aliphatic carbocycles. The van der Waals surface area contributed by atoms with Gasteiger partial charge in [-0.05, 0) is 38.3 Å². The molecule has 0 aromatic carbocycles. The van der Waals surface area contributed by atoms with Gasteiger partial charge in [0.2, 0.25) is 0 Å². The standard InChI is InChI=1S/C12H19N3/c1-4-11-5-6-12(13-8-11)15-10(3)7-9(2)14-15/h6-7,11,13H,4-5,8H2,1-3H3. The molecule has 0 radical (unpaired) electrons. The number of aryl methyl sites for hydroxylation is 2. The lowest BCUT2D eigenvalue weighted by atomic mass is 10.00. The second-order valence-electron chi connectivity index (χ2n) is 4.32. The van der Waals surface area contributed by atoms with Crippen molar-refractivity contribution in [2.45, 2.75) is 33.6 Å². The molecule has 0 bridgehead atoms. The fourth-order valence-corrected chi connectivity index (χ4v) is 2.03. The van der Waals surface area contributed by atoms with E-state index >= 15 is 0 Å². The van der Waals surface area contributed by atoms with Crippen LogP contribution in [0.15, 0.2) is 12.1 Å². The second kappa shape index (κ2) is 4.09. The third-order valence-electron chi connectivity index (χ3n) is 3.03. The van der Waals surface area contributed by atoms with E-state index in [1.165, 1.54) is 12.1 Å². The normalized spacial score (nSPS) is 21.0. The quantitative estimate of drug-likeness (QED) is 0.803. The minimum absolute atomic E-state index is 0.783. The summed E-state index contributed by atoms with van der Waals surface area (Å²) in [5, 5.41) is 7.92. The van der Waals surface area contributed by atoms with Gasteiger partial charge in [-0.15, -0.1) is 0 Å². The summed E-state index contributed by atoms with van der Waals surface area (Å²) < 4.78 is 2.00. The molecular weight excluding hydrogens is 186 g/mol. The molecule has 0 fully saturated rings. The Morgan fingerprint density at radius 3 is 2.80 bits per heavy atom. The molecule has 1 N–H and O–H groups in total. The van der Waals surface area contributed by atoms with Gasteiger partial charge in [0, 0.05) is 12.2 Å². The van der Waals surface area contributed by atoms with Crippen LogP contribution in [0.5, 0.6) is 0 Å². The maximum Gasteiger partial charge on any atom is 0.123 e. The summed E-state index contributed by atoms with van der Waals surface area (Å²) in [6, 6.07) is 2.11. The fraction of sp³-hybridized carbons (Fsp3) is 0.583. The molecular formula is C12H19N3. The molecule has 0 saturated carbocycles. The summed E-state index contributed by atoms with van der Waals surface area (Å²) in [5.41, 5.74) is 2.27. The van der Waals surface area contributed by atoms with Crippen LogP contribution in [0.3, 0.4) is 0 Å². The van der Waals surface area contributed by atoms with Crippen LogP contribution in [-0.4, -0.2) is 16.3 Å². The average molecular weight is 205 g/mol. The Bertz CT molecular complexity index is 376. The van der Waals surface area contributed by atoms with E-state index in [0.717, 1.165) is 30.4 Å². The van der Waals surface area contributed by atoms with Crippen molar-refractivity contribution in [1.82, 2.24) is 15.1 Å². The van der Waals surface area contributed by atoms with Gasteiger partial charge < -0.3 is 5.32 Å². The van der Waals surface area contributed by atoms with E-state index < -0.39 is 0 Å². The van der Waals surface area contributed by atoms with Crippen molar-refractivity contribution in [2.24, 2.45) is 5.92 Å². The molecule has 3 nitrogen and oxygen atoms in total. The fourth-order valence-electron chi connectivity index (χ4n) is 2.03. The van der Waals surface area contributed by atoms with Gasteiger partial charge in [-0.3, -0.25) is 0 Å². The smallest absolute Gasteiger partial charge is 0.123 e. The van der Waals surface area contributed by atoms with Gasteiger partial charge in [-0.1, -0.05) is 13.3 Å². The lowest BCUT2D eigenvalue weighted by Gasteiger charge is -2.23. The molecule has 1 atom stereocenters. The van der Waals surface area contributed by atoms with Crippen molar-refractivity contribution < 1.29 is 0 Å². The zero-order valence-corrected chi connectivity index (χ0v) is 9.75. The number of nitrogens with zero attached hydrogens (tertiary/aromatic N) is 2. The molecule has 3 heteroatoms. The monoisotopic (exact) mass is 205 g/mol. The highest BCUT2D eigenvalue weighted by atomic mass is 15.3. The summed E-state index contributed by atoms with van der Waals surface area (Å²) in [6.45, 7) is 7.44. The minimum atomic E-state index is 0.783. The van der Waals surface area contributed by atoms with Crippen LogP contribution in [0.1, 0.15) is 31.2 Å². The van der Waals surface area contributed by atoms with Crippen LogP contribution < -0.4 is 5.32 Å². The first-order valence-corrected chi connectivity index (χ1v) is 5.68. The zero-order valence-electron chi connectivity index (χ0n) is 9.75. The molecule has 1 aromatic rings. The van der Waals surface area contributed by atoms with E-state index in [4.69, 9.17) is 0 Å². The van der Waals surface area contributed by atoms with Crippen molar-refractivity contribution in [1.29, 1.82) is 0 Å². The number of rotatable bonds is 2. The lowest BCUT2D eigenvalue weighted by molar-refractivity contribution is 0.475. The Morgan fingerprint density at radius 2 is 2.33 bits per heavy atom. The molecule has 0 amide bonds. The molecule has 1 aliphatic rings. The van der Waals surface area contributed by atoms with Crippen LogP contribution in [-0.2, 0) is 0 Å². The van der Waals surface area contributed by atoms with Gasteiger partial charge in [-0.2, -0.15) is 5.10 Å². The topological polar surface area (TPSA) is 29.9 Å². The Hall–Kier alpha value is -1.25. The van der Waals surface area contributed by atoms with E-state index in [9.17, 15) is 0 Å². The molecule has 2 heterocycles.